The van der Waals surface area contributed by atoms with E-state index >= 15 is 0 Å². The van der Waals surface area contributed by atoms with Crippen molar-refractivity contribution in [3.63, 3.8) is 0 Å². The van der Waals surface area contributed by atoms with E-state index < -0.39 is 0 Å². The molecule has 3 nitrogen and oxygen atoms in total. The number of ether oxygens (including phenoxy) is 2. The summed E-state index contributed by atoms with van der Waals surface area (Å²) in [5.74, 6) is 0.897. The molecular formula is C12H23NO2. The third-order valence-corrected chi connectivity index (χ3v) is 3.17. The zero-order valence-electron chi connectivity index (χ0n) is 9.54. The molecule has 0 aromatic rings. The lowest BCUT2D eigenvalue weighted by atomic mass is 10.1. The molecule has 1 heterocycles. The SMILES string of the molecule is C(CNC1CCOCC1)COCC1CC1. The lowest BCUT2D eigenvalue weighted by molar-refractivity contribution is 0.0761. The first-order chi connectivity index (χ1) is 7.45. The van der Waals surface area contributed by atoms with Gasteiger partial charge in [0.15, 0.2) is 0 Å². The van der Waals surface area contributed by atoms with Crippen LogP contribution < -0.4 is 5.32 Å². The number of nitrogens with one attached hydrogen (secondary N) is 1. The van der Waals surface area contributed by atoms with Gasteiger partial charge in [-0.15, -0.1) is 0 Å². The van der Waals surface area contributed by atoms with E-state index in [9.17, 15) is 0 Å². The van der Waals surface area contributed by atoms with Gasteiger partial charge in [0.1, 0.15) is 0 Å². The van der Waals surface area contributed by atoms with Gasteiger partial charge in [0, 0.05) is 32.5 Å². The molecule has 3 heteroatoms. The summed E-state index contributed by atoms with van der Waals surface area (Å²) in [4.78, 5) is 0. The lowest BCUT2D eigenvalue weighted by Gasteiger charge is -2.23. The van der Waals surface area contributed by atoms with Crippen molar-refractivity contribution in [2.24, 2.45) is 5.92 Å². The summed E-state index contributed by atoms with van der Waals surface area (Å²) in [5.41, 5.74) is 0. The van der Waals surface area contributed by atoms with E-state index in [2.05, 4.69) is 5.32 Å². The molecule has 0 spiro atoms. The van der Waals surface area contributed by atoms with Gasteiger partial charge in [-0.05, 0) is 44.6 Å². The summed E-state index contributed by atoms with van der Waals surface area (Å²) in [6, 6.07) is 0.683. The van der Waals surface area contributed by atoms with Crippen LogP contribution in [-0.4, -0.2) is 39.0 Å². The Kier molecular flexibility index (Phi) is 4.90. The molecule has 2 aliphatic rings. The Morgan fingerprint density at radius 3 is 2.67 bits per heavy atom. The van der Waals surface area contributed by atoms with E-state index in [1.54, 1.807) is 0 Å². The topological polar surface area (TPSA) is 30.5 Å². The minimum atomic E-state index is 0.683. The molecule has 1 saturated heterocycles. The van der Waals surface area contributed by atoms with E-state index in [0.717, 1.165) is 45.3 Å². The second-order valence-corrected chi connectivity index (χ2v) is 4.71. The quantitative estimate of drug-likeness (QED) is 0.651. The largest absolute Gasteiger partial charge is 0.381 e. The molecule has 2 fully saturated rings. The number of rotatable bonds is 7. The number of hydrogen-bond acceptors (Lipinski definition) is 3. The third-order valence-electron chi connectivity index (χ3n) is 3.17. The van der Waals surface area contributed by atoms with Crippen molar-refractivity contribution in [1.82, 2.24) is 5.32 Å². The zero-order valence-corrected chi connectivity index (χ0v) is 9.54. The first-order valence-electron chi connectivity index (χ1n) is 6.34. The van der Waals surface area contributed by atoms with Crippen LogP contribution in [0, 0.1) is 5.92 Å². The smallest absolute Gasteiger partial charge is 0.0494 e. The fourth-order valence-corrected chi connectivity index (χ4v) is 1.92. The molecule has 0 amide bonds. The fourth-order valence-electron chi connectivity index (χ4n) is 1.92. The Bertz CT molecular complexity index is 165. The average molecular weight is 213 g/mol. The van der Waals surface area contributed by atoms with Crippen LogP contribution in [0.5, 0.6) is 0 Å². The summed E-state index contributed by atoms with van der Waals surface area (Å²) in [6.07, 6.45) is 6.26. The van der Waals surface area contributed by atoms with E-state index in [1.165, 1.54) is 25.7 Å². The summed E-state index contributed by atoms with van der Waals surface area (Å²) in [6.45, 7) is 4.87. The summed E-state index contributed by atoms with van der Waals surface area (Å²) < 4.78 is 10.9. The van der Waals surface area contributed by atoms with Crippen molar-refractivity contribution < 1.29 is 9.47 Å². The van der Waals surface area contributed by atoms with E-state index in [0.29, 0.717) is 6.04 Å². The van der Waals surface area contributed by atoms with Crippen molar-refractivity contribution in [1.29, 1.82) is 0 Å². The Labute approximate surface area is 92.5 Å². The summed E-state index contributed by atoms with van der Waals surface area (Å²) in [7, 11) is 0. The average Bonchev–Trinajstić information content (AvgIpc) is 3.09. The maximum atomic E-state index is 5.58. The Morgan fingerprint density at radius 1 is 1.13 bits per heavy atom. The molecule has 0 aromatic heterocycles. The highest BCUT2D eigenvalue weighted by atomic mass is 16.5. The number of hydrogen-bond donors (Lipinski definition) is 1. The molecule has 1 N–H and O–H groups in total. The van der Waals surface area contributed by atoms with Crippen molar-refractivity contribution >= 4 is 0 Å². The lowest BCUT2D eigenvalue weighted by Crippen LogP contribution is -2.35. The highest BCUT2D eigenvalue weighted by molar-refractivity contribution is 4.72. The van der Waals surface area contributed by atoms with Gasteiger partial charge in [-0.1, -0.05) is 0 Å². The molecule has 0 atom stereocenters. The molecule has 1 aliphatic heterocycles. The minimum Gasteiger partial charge on any atom is -0.381 e. The molecule has 0 radical (unpaired) electrons. The van der Waals surface area contributed by atoms with Crippen molar-refractivity contribution in [2.45, 2.75) is 38.1 Å². The molecular weight excluding hydrogens is 190 g/mol. The molecule has 1 saturated carbocycles. The predicted molar refractivity (Wildman–Crippen MR) is 60.0 cm³/mol. The molecule has 2 rings (SSSR count). The standard InChI is InChI=1S/C12H23NO2/c1(7-15-10-11-2-3-11)6-13-12-4-8-14-9-5-12/h11-13H,1-10H2. The molecule has 88 valence electrons. The fraction of sp³-hybridized carbons (Fsp3) is 1.00. The van der Waals surface area contributed by atoms with E-state index in [-0.39, 0.29) is 0 Å². The maximum absolute atomic E-state index is 5.58. The normalized spacial score (nSPS) is 23.2. The first kappa shape index (κ1) is 11.4. The second kappa shape index (κ2) is 6.46. The predicted octanol–water partition coefficient (Wildman–Crippen LogP) is 1.57. The monoisotopic (exact) mass is 213 g/mol. The molecule has 15 heavy (non-hydrogen) atoms. The van der Waals surface area contributed by atoms with Gasteiger partial charge in [0.2, 0.25) is 0 Å². The maximum Gasteiger partial charge on any atom is 0.0494 e. The molecule has 0 aromatic carbocycles. The van der Waals surface area contributed by atoms with Gasteiger partial charge >= 0.3 is 0 Å². The van der Waals surface area contributed by atoms with E-state index in [1.807, 2.05) is 0 Å². The van der Waals surface area contributed by atoms with Crippen LogP contribution in [0.1, 0.15) is 32.1 Å². The van der Waals surface area contributed by atoms with Crippen LogP contribution in [0.3, 0.4) is 0 Å². The van der Waals surface area contributed by atoms with Gasteiger partial charge in [-0.25, -0.2) is 0 Å². The van der Waals surface area contributed by atoms with Crippen LogP contribution in [0.4, 0.5) is 0 Å². The van der Waals surface area contributed by atoms with Crippen LogP contribution in [-0.2, 0) is 9.47 Å². The first-order valence-corrected chi connectivity index (χ1v) is 6.34. The van der Waals surface area contributed by atoms with Gasteiger partial charge < -0.3 is 14.8 Å². The van der Waals surface area contributed by atoms with Crippen LogP contribution >= 0.6 is 0 Å². The highest BCUT2D eigenvalue weighted by Gasteiger charge is 2.20. The highest BCUT2D eigenvalue weighted by Crippen LogP contribution is 2.28. The van der Waals surface area contributed by atoms with Crippen LogP contribution in [0.15, 0.2) is 0 Å². The van der Waals surface area contributed by atoms with Gasteiger partial charge in [0.05, 0.1) is 0 Å². The Balaban J connectivity index is 1.37. The van der Waals surface area contributed by atoms with Crippen molar-refractivity contribution in [3.05, 3.63) is 0 Å². The minimum absolute atomic E-state index is 0.683. The zero-order chi connectivity index (χ0) is 10.3. The Morgan fingerprint density at radius 2 is 1.93 bits per heavy atom. The second-order valence-electron chi connectivity index (χ2n) is 4.71. The van der Waals surface area contributed by atoms with Gasteiger partial charge in [-0.3, -0.25) is 0 Å². The molecule has 0 unspecified atom stereocenters. The third kappa shape index (κ3) is 4.96. The van der Waals surface area contributed by atoms with Gasteiger partial charge in [-0.2, -0.15) is 0 Å². The summed E-state index contributed by atoms with van der Waals surface area (Å²) >= 11 is 0. The van der Waals surface area contributed by atoms with E-state index in [4.69, 9.17) is 9.47 Å². The Hall–Kier alpha value is -0.120. The molecule has 1 aliphatic carbocycles. The van der Waals surface area contributed by atoms with Crippen LogP contribution in [0.25, 0.3) is 0 Å². The molecule has 0 bridgehead atoms. The van der Waals surface area contributed by atoms with Crippen LogP contribution in [0.2, 0.25) is 0 Å². The summed E-state index contributed by atoms with van der Waals surface area (Å²) in [5, 5.41) is 3.57. The van der Waals surface area contributed by atoms with Gasteiger partial charge in [0.25, 0.3) is 0 Å². The van der Waals surface area contributed by atoms with Crippen molar-refractivity contribution in [3.8, 4) is 0 Å². The van der Waals surface area contributed by atoms with Crippen molar-refractivity contribution in [2.75, 3.05) is 33.0 Å².